The predicted molar refractivity (Wildman–Crippen MR) is 122 cm³/mol. The van der Waals surface area contributed by atoms with E-state index in [-0.39, 0.29) is 53.1 Å². The molecule has 2 amide bonds. The summed E-state index contributed by atoms with van der Waals surface area (Å²) in [5.74, 6) is -1.42. The van der Waals surface area contributed by atoms with Gasteiger partial charge in [-0.1, -0.05) is 24.1 Å². The molecule has 0 aromatic heterocycles. The van der Waals surface area contributed by atoms with Gasteiger partial charge in [0.1, 0.15) is 5.82 Å². The topological polar surface area (TPSA) is 78.0 Å². The molecule has 2 saturated heterocycles. The second-order valence-corrected chi connectivity index (χ2v) is 10.6. The molecular formula is C23H25ClFN3O4S. The van der Waals surface area contributed by atoms with E-state index >= 15 is 0 Å². The Bertz CT molecular complexity index is 1160. The van der Waals surface area contributed by atoms with E-state index in [1.165, 1.54) is 33.5 Å². The molecule has 2 aromatic rings. The Morgan fingerprint density at radius 3 is 2.12 bits per heavy atom. The molecule has 2 fully saturated rings. The van der Waals surface area contributed by atoms with E-state index in [9.17, 15) is 22.4 Å². The van der Waals surface area contributed by atoms with Crippen LogP contribution in [0, 0.1) is 5.82 Å². The molecule has 2 aliphatic rings. The van der Waals surface area contributed by atoms with E-state index in [1.807, 2.05) is 0 Å². The van der Waals surface area contributed by atoms with Crippen LogP contribution in [0.3, 0.4) is 0 Å². The van der Waals surface area contributed by atoms with Crippen LogP contribution in [0.2, 0.25) is 5.02 Å². The lowest BCUT2D eigenvalue weighted by atomic mass is 10.1. The zero-order valence-electron chi connectivity index (χ0n) is 18.0. The molecule has 0 bridgehead atoms. The van der Waals surface area contributed by atoms with Gasteiger partial charge in [-0.05, 0) is 49.2 Å². The molecule has 176 valence electrons. The zero-order chi connectivity index (χ0) is 23.6. The van der Waals surface area contributed by atoms with E-state index in [0.29, 0.717) is 13.1 Å². The number of hydrogen-bond donors (Lipinski definition) is 0. The van der Waals surface area contributed by atoms with Crippen molar-refractivity contribution >= 4 is 33.4 Å². The summed E-state index contributed by atoms with van der Waals surface area (Å²) < 4.78 is 41.4. The van der Waals surface area contributed by atoms with Crippen molar-refractivity contribution in [2.45, 2.75) is 24.2 Å². The molecule has 10 heteroatoms. The number of nitrogens with zero attached hydrogens (tertiary/aromatic N) is 3. The molecule has 33 heavy (non-hydrogen) atoms. The fraction of sp³-hybridized carbons (Fsp3) is 0.391. The van der Waals surface area contributed by atoms with Crippen LogP contribution < -0.4 is 0 Å². The highest BCUT2D eigenvalue weighted by Crippen LogP contribution is 2.23. The van der Waals surface area contributed by atoms with Gasteiger partial charge >= 0.3 is 0 Å². The lowest BCUT2D eigenvalue weighted by Gasteiger charge is -2.35. The van der Waals surface area contributed by atoms with Crippen LogP contribution in [0.4, 0.5) is 4.39 Å². The molecule has 7 nitrogen and oxygen atoms in total. The number of carbonyl (C=O) groups excluding carboxylic acids is 2. The Morgan fingerprint density at radius 1 is 0.818 bits per heavy atom. The molecule has 0 saturated carbocycles. The van der Waals surface area contributed by atoms with Crippen LogP contribution in [0.1, 0.15) is 40.0 Å². The first kappa shape index (κ1) is 23.7. The summed E-state index contributed by atoms with van der Waals surface area (Å²) in [5.41, 5.74) is 0.187. The second kappa shape index (κ2) is 9.79. The Labute approximate surface area is 197 Å². The van der Waals surface area contributed by atoms with Crippen molar-refractivity contribution < 1.29 is 22.4 Å². The number of halogens is 2. The summed E-state index contributed by atoms with van der Waals surface area (Å²) in [6, 6.07) is 9.93. The molecule has 0 aliphatic carbocycles. The Balaban J connectivity index is 1.43. The van der Waals surface area contributed by atoms with Gasteiger partial charge < -0.3 is 9.80 Å². The minimum atomic E-state index is -3.64. The maximum absolute atomic E-state index is 14.0. The van der Waals surface area contributed by atoms with Gasteiger partial charge in [-0.2, -0.15) is 4.31 Å². The van der Waals surface area contributed by atoms with Gasteiger partial charge in [-0.3, -0.25) is 9.59 Å². The van der Waals surface area contributed by atoms with Gasteiger partial charge in [0.05, 0.1) is 10.5 Å². The number of rotatable bonds is 4. The van der Waals surface area contributed by atoms with Crippen molar-refractivity contribution in [2.75, 3.05) is 39.3 Å². The quantitative estimate of drug-likeness (QED) is 0.655. The second-order valence-electron chi connectivity index (χ2n) is 8.20. The largest absolute Gasteiger partial charge is 0.335 e. The highest BCUT2D eigenvalue weighted by atomic mass is 35.5. The summed E-state index contributed by atoms with van der Waals surface area (Å²) in [5, 5.41) is 0.271. The normalized spacial score (nSPS) is 17.8. The first-order valence-electron chi connectivity index (χ1n) is 10.9. The van der Waals surface area contributed by atoms with Crippen molar-refractivity contribution in [1.82, 2.24) is 14.1 Å². The summed E-state index contributed by atoms with van der Waals surface area (Å²) in [4.78, 5) is 28.9. The van der Waals surface area contributed by atoms with Crippen molar-refractivity contribution in [3.05, 3.63) is 64.4 Å². The van der Waals surface area contributed by atoms with E-state index in [4.69, 9.17) is 11.6 Å². The van der Waals surface area contributed by atoms with E-state index in [0.717, 1.165) is 25.3 Å². The van der Waals surface area contributed by atoms with E-state index < -0.39 is 21.7 Å². The van der Waals surface area contributed by atoms with Gasteiger partial charge in [-0.25, -0.2) is 12.8 Å². The summed E-state index contributed by atoms with van der Waals surface area (Å²) >= 11 is 5.89. The van der Waals surface area contributed by atoms with E-state index in [2.05, 4.69) is 0 Å². The van der Waals surface area contributed by atoms with Crippen molar-refractivity contribution in [2.24, 2.45) is 0 Å². The van der Waals surface area contributed by atoms with Crippen molar-refractivity contribution in [3.8, 4) is 0 Å². The van der Waals surface area contributed by atoms with Gasteiger partial charge in [0, 0.05) is 49.9 Å². The number of hydrogen-bond acceptors (Lipinski definition) is 4. The van der Waals surface area contributed by atoms with Crippen LogP contribution in [0.5, 0.6) is 0 Å². The highest BCUT2D eigenvalue weighted by Gasteiger charge is 2.29. The first-order valence-corrected chi connectivity index (χ1v) is 12.7. The maximum atomic E-state index is 14.0. The number of benzene rings is 2. The first-order chi connectivity index (χ1) is 15.8. The van der Waals surface area contributed by atoms with E-state index in [1.54, 1.807) is 17.0 Å². The zero-order valence-corrected chi connectivity index (χ0v) is 19.6. The molecule has 0 spiro atoms. The number of piperazine rings is 1. The highest BCUT2D eigenvalue weighted by molar-refractivity contribution is 7.89. The number of amides is 2. The third-order valence-electron chi connectivity index (χ3n) is 6.05. The van der Waals surface area contributed by atoms with Crippen LogP contribution in [0.25, 0.3) is 0 Å². The predicted octanol–water partition coefficient (Wildman–Crippen LogP) is 3.25. The minimum Gasteiger partial charge on any atom is -0.335 e. The van der Waals surface area contributed by atoms with Crippen molar-refractivity contribution in [1.29, 1.82) is 0 Å². The summed E-state index contributed by atoms with van der Waals surface area (Å²) in [6.45, 7) is 1.98. The molecule has 2 aromatic carbocycles. The van der Waals surface area contributed by atoms with Gasteiger partial charge in [0.2, 0.25) is 10.0 Å². The number of carbonyl (C=O) groups is 2. The van der Waals surface area contributed by atoms with Gasteiger partial charge in [-0.15, -0.1) is 0 Å². The fourth-order valence-corrected chi connectivity index (χ4v) is 5.91. The molecule has 4 rings (SSSR count). The Hall–Kier alpha value is -2.49. The molecular weight excluding hydrogens is 469 g/mol. The summed E-state index contributed by atoms with van der Waals surface area (Å²) in [6.07, 6.45) is 2.68. The smallest absolute Gasteiger partial charge is 0.257 e. The number of piperidine rings is 1. The SMILES string of the molecule is O=C(c1cccc(S(=O)(=O)N2CCCCC2)c1)N1CCN(C(=O)c2cc(Cl)ccc2F)CC1. The van der Waals surface area contributed by atoms with Crippen LogP contribution in [0.15, 0.2) is 47.4 Å². The molecule has 2 heterocycles. The van der Waals surface area contributed by atoms with Crippen LogP contribution >= 0.6 is 11.6 Å². The minimum absolute atomic E-state index is 0.0992. The third-order valence-corrected chi connectivity index (χ3v) is 8.18. The maximum Gasteiger partial charge on any atom is 0.257 e. The molecule has 0 N–H and O–H groups in total. The average Bonchev–Trinajstić information content (AvgIpc) is 2.85. The molecule has 0 radical (unpaired) electrons. The molecule has 0 unspecified atom stereocenters. The molecule has 2 aliphatic heterocycles. The molecule has 0 atom stereocenters. The average molecular weight is 494 g/mol. The Morgan fingerprint density at radius 2 is 1.45 bits per heavy atom. The Kier molecular flexibility index (Phi) is 7.02. The number of sulfonamides is 1. The third kappa shape index (κ3) is 5.05. The van der Waals surface area contributed by atoms with Gasteiger partial charge in [0.15, 0.2) is 0 Å². The lowest BCUT2D eigenvalue weighted by molar-refractivity contribution is 0.0532. The fourth-order valence-electron chi connectivity index (χ4n) is 4.17. The van der Waals surface area contributed by atoms with Crippen LogP contribution in [-0.4, -0.2) is 73.6 Å². The van der Waals surface area contributed by atoms with Crippen molar-refractivity contribution in [3.63, 3.8) is 0 Å². The summed E-state index contributed by atoms with van der Waals surface area (Å²) in [7, 11) is -3.64. The lowest BCUT2D eigenvalue weighted by Crippen LogP contribution is -2.50. The van der Waals surface area contributed by atoms with Crippen LogP contribution in [-0.2, 0) is 10.0 Å². The van der Waals surface area contributed by atoms with Gasteiger partial charge in [0.25, 0.3) is 11.8 Å². The monoisotopic (exact) mass is 493 g/mol. The standard InChI is InChI=1S/C23H25ClFN3O4S/c24-18-7-8-21(25)20(16-18)23(30)27-13-11-26(12-14-27)22(29)17-5-4-6-19(15-17)33(31,32)28-9-2-1-3-10-28/h4-8,15-16H,1-3,9-14H2.